The fourth-order valence-electron chi connectivity index (χ4n) is 3.08. The fraction of sp³-hybridized carbons (Fsp3) is 0.0769. The van der Waals surface area contributed by atoms with Gasteiger partial charge in [0.2, 0.25) is 0 Å². The summed E-state index contributed by atoms with van der Waals surface area (Å²) in [5.74, 6) is 1.27. The van der Waals surface area contributed by atoms with Crippen LogP contribution in [-0.4, -0.2) is 12.1 Å². The predicted molar refractivity (Wildman–Crippen MR) is 125 cm³/mol. The van der Waals surface area contributed by atoms with Crippen molar-refractivity contribution in [1.29, 1.82) is 5.26 Å². The molecular weight excluding hydrogens is 404 g/mol. The molecule has 1 aromatic heterocycles. The van der Waals surface area contributed by atoms with Crippen LogP contribution in [0.25, 0.3) is 22.9 Å². The molecule has 0 saturated heterocycles. The Morgan fingerprint density at radius 3 is 2.45 bits per heavy atom. The van der Waals surface area contributed by atoms with E-state index >= 15 is 0 Å². The van der Waals surface area contributed by atoms with Gasteiger partial charge in [-0.3, -0.25) is 0 Å². The molecule has 0 bridgehead atoms. The van der Waals surface area contributed by atoms with Crippen molar-refractivity contribution in [3.05, 3.63) is 100 Å². The molecule has 0 fully saturated rings. The van der Waals surface area contributed by atoms with E-state index in [0.29, 0.717) is 28.7 Å². The second-order valence-corrected chi connectivity index (χ2v) is 7.62. The summed E-state index contributed by atoms with van der Waals surface area (Å²) in [6.07, 6.45) is 1.82. The van der Waals surface area contributed by atoms with Crippen molar-refractivity contribution < 1.29 is 9.47 Å². The van der Waals surface area contributed by atoms with Crippen LogP contribution in [0.4, 0.5) is 0 Å². The lowest BCUT2D eigenvalue weighted by molar-refractivity contribution is 0.284. The molecule has 0 radical (unpaired) electrons. The molecule has 152 valence electrons. The highest BCUT2D eigenvalue weighted by molar-refractivity contribution is 7.11. The Balaban J connectivity index is 1.55. The molecule has 0 aliphatic heterocycles. The molecule has 0 amide bonds. The lowest BCUT2D eigenvalue weighted by Crippen LogP contribution is -1.97. The number of ether oxygens (including phenoxy) is 2. The van der Waals surface area contributed by atoms with Gasteiger partial charge in [0, 0.05) is 10.9 Å². The average molecular weight is 425 g/mol. The van der Waals surface area contributed by atoms with Crippen molar-refractivity contribution in [2.24, 2.45) is 0 Å². The van der Waals surface area contributed by atoms with Crippen LogP contribution in [0.3, 0.4) is 0 Å². The Kier molecular flexibility index (Phi) is 6.41. The van der Waals surface area contributed by atoms with E-state index in [4.69, 9.17) is 9.47 Å². The lowest BCUT2D eigenvalue weighted by atomic mass is 10.1. The minimum atomic E-state index is 0.456. The van der Waals surface area contributed by atoms with Crippen LogP contribution >= 0.6 is 11.3 Å². The smallest absolute Gasteiger partial charge is 0.161 e. The number of nitrogens with zero attached hydrogens (tertiary/aromatic N) is 2. The summed E-state index contributed by atoms with van der Waals surface area (Å²) in [7, 11) is 1.61. The van der Waals surface area contributed by atoms with Gasteiger partial charge >= 0.3 is 0 Å². The van der Waals surface area contributed by atoms with E-state index in [1.54, 1.807) is 7.11 Å². The van der Waals surface area contributed by atoms with Crippen molar-refractivity contribution in [2.45, 2.75) is 6.61 Å². The van der Waals surface area contributed by atoms with Crippen LogP contribution in [0.2, 0.25) is 0 Å². The number of thiazole rings is 1. The SMILES string of the molecule is COc1cc(C=C(C#N)c2nc(-c3ccccc3)cs2)ccc1OCc1ccccc1. The van der Waals surface area contributed by atoms with Crippen molar-refractivity contribution in [1.82, 2.24) is 4.98 Å². The molecule has 3 aromatic carbocycles. The molecule has 0 atom stereocenters. The molecule has 0 aliphatic rings. The minimum absolute atomic E-state index is 0.456. The van der Waals surface area contributed by atoms with Crippen LogP contribution in [-0.2, 0) is 6.61 Å². The lowest BCUT2D eigenvalue weighted by Gasteiger charge is -2.11. The first-order chi connectivity index (χ1) is 15.3. The van der Waals surface area contributed by atoms with Gasteiger partial charge in [-0.05, 0) is 29.3 Å². The third-order valence-corrected chi connectivity index (χ3v) is 5.54. The molecule has 4 nitrogen and oxygen atoms in total. The normalized spacial score (nSPS) is 11.0. The topological polar surface area (TPSA) is 55.1 Å². The van der Waals surface area contributed by atoms with E-state index in [2.05, 4.69) is 11.1 Å². The van der Waals surface area contributed by atoms with Crippen LogP contribution in [0.15, 0.2) is 84.2 Å². The summed E-state index contributed by atoms with van der Waals surface area (Å²) >= 11 is 1.46. The number of hydrogen-bond acceptors (Lipinski definition) is 5. The number of nitriles is 1. The first kappa shape index (κ1) is 20.4. The van der Waals surface area contributed by atoms with Crippen LogP contribution < -0.4 is 9.47 Å². The Labute approximate surface area is 185 Å². The zero-order valence-electron chi connectivity index (χ0n) is 17.0. The summed E-state index contributed by atoms with van der Waals surface area (Å²) in [5.41, 5.74) is 4.33. The maximum absolute atomic E-state index is 9.70. The Morgan fingerprint density at radius 1 is 1.00 bits per heavy atom. The van der Waals surface area contributed by atoms with E-state index in [-0.39, 0.29) is 0 Å². The molecule has 4 rings (SSSR count). The highest BCUT2D eigenvalue weighted by atomic mass is 32.1. The molecule has 1 heterocycles. The molecule has 31 heavy (non-hydrogen) atoms. The first-order valence-corrected chi connectivity index (χ1v) is 10.6. The number of rotatable bonds is 7. The van der Waals surface area contributed by atoms with Gasteiger partial charge in [-0.25, -0.2) is 4.98 Å². The third kappa shape index (κ3) is 5.00. The third-order valence-electron chi connectivity index (χ3n) is 4.66. The molecule has 0 unspecified atom stereocenters. The summed E-state index contributed by atoms with van der Waals surface area (Å²) in [6.45, 7) is 0.456. The number of methoxy groups -OCH3 is 1. The van der Waals surface area contributed by atoms with Crippen molar-refractivity contribution >= 4 is 23.0 Å². The zero-order chi connectivity index (χ0) is 21.5. The number of hydrogen-bond donors (Lipinski definition) is 0. The Bertz CT molecular complexity index is 1230. The molecule has 0 aliphatic carbocycles. The van der Waals surface area contributed by atoms with Crippen molar-refractivity contribution in [3.8, 4) is 28.8 Å². The standard InChI is InChI=1S/C26H20N2O2S/c1-29-25-15-20(12-13-24(25)30-17-19-8-4-2-5-9-19)14-22(16-27)26-28-23(18-31-26)21-10-6-3-7-11-21/h2-15,18H,17H2,1H3. The van der Waals surface area contributed by atoms with Gasteiger partial charge in [-0.2, -0.15) is 5.26 Å². The van der Waals surface area contributed by atoms with Crippen molar-refractivity contribution in [3.63, 3.8) is 0 Å². The van der Waals surface area contributed by atoms with E-state index in [9.17, 15) is 5.26 Å². The van der Waals surface area contributed by atoms with Gasteiger partial charge in [-0.15, -0.1) is 11.3 Å². The van der Waals surface area contributed by atoms with E-state index < -0.39 is 0 Å². The van der Waals surface area contributed by atoms with E-state index in [1.165, 1.54) is 11.3 Å². The first-order valence-electron chi connectivity index (χ1n) is 9.74. The second-order valence-electron chi connectivity index (χ2n) is 6.76. The number of aromatic nitrogens is 1. The van der Waals surface area contributed by atoms with Gasteiger partial charge < -0.3 is 9.47 Å². The minimum Gasteiger partial charge on any atom is -0.493 e. The highest BCUT2D eigenvalue weighted by Crippen LogP contribution is 2.32. The highest BCUT2D eigenvalue weighted by Gasteiger charge is 2.11. The molecule has 0 spiro atoms. The molecular formula is C26H20N2O2S. The van der Waals surface area contributed by atoms with Gasteiger partial charge in [0.1, 0.15) is 17.7 Å². The quantitative estimate of drug-likeness (QED) is 0.319. The molecule has 0 saturated carbocycles. The van der Waals surface area contributed by atoms with Crippen molar-refractivity contribution in [2.75, 3.05) is 7.11 Å². The summed E-state index contributed by atoms with van der Waals surface area (Å²) in [6, 6.07) is 27.8. The number of allylic oxidation sites excluding steroid dienone is 1. The average Bonchev–Trinajstić information content (AvgIpc) is 3.33. The monoisotopic (exact) mass is 424 g/mol. The van der Waals surface area contributed by atoms with Crippen LogP contribution in [0.5, 0.6) is 11.5 Å². The Hall–Kier alpha value is -3.88. The predicted octanol–water partition coefficient (Wildman–Crippen LogP) is 6.46. The Morgan fingerprint density at radius 2 is 1.74 bits per heavy atom. The van der Waals surface area contributed by atoms with Gasteiger partial charge in [0.25, 0.3) is 0 Å². The zero-order valence-corrected chi connectivity index (χ0v) is 17.8. The maximum Gasteiger partial charge on any atom is 0.161 e. The summed E-state index contributed by atoms with van der Waals surface area (Å²) < 4.78 is 11.4. The van der Waals surface area contributed by atoms with Gasteiger partial charge in [-0.1, -0.05) is 66.7 Å². The van der Waals surface area contributed by atoms with Crippen LogP contribution in [0, 0.1) is 11.3 Å². The second kappa shape index (κ2) is 9.75. The fourth-order valence-corrected chi connectivity index (χ4v) is 3.87. The number of benzene rings is 3. The molecule has 4 aromatic rings. The molecule has 0 N–H and O–H groups in total. The van der Waals surface area contributed by atoms with Gasteiger partial charge in [0.05, 0.1) is 18.4 Å². The van der Waals surface area contributed by atoms with Gasteiger partial charge in [0.15, 0.2) is 11.5 Å². The van der Waals surface area contributed by atoms with E-state index in [0.717, 1.165) is 22.4 Å². The van der Waals surface area contributed by atoms with Crippen LogP contribution in [0.1, 0.15) is 16.1 Å². The summed E-state index contributed by atoms with van der Waals surface area (Å²) in [4.78, 5) is 4.64. The maximum atomic E-state index is 9.70. The van der Waals surface area contributed by atoms with E-state index in [1.807, 2.05) is 90.3 Å². The molecule has 5 heteroatoms. The summed E-state index contributed by atoms with van der Waals surface area (Å²) in [5, 5.41) is 12.4. The largest absolute Gasteiger partial charge is 0.493 e.